The molecule has 1 saturated carbocycles. The number of hydrogen-bond acceptors (Lipinski definition) is 2. The first-order chi connectivity index (χ1) is 6.33. The lowest BCUT2D eigenvalue weighted by Crippen LogP contribution is -1.79. The van der Waals surface area contributed by atoms with Crippen LogP contribution in [-0.4, -0.2) is 15.1 Å². The summed E-state index contributed by atoms with van der Waals surface area (Å²) >= 11 is 0. The van der Waals surface area contributed by atoms with Crippen molar-refractivity contribution in [3.63, 3.8) is 0 Å². The third-order valence-electron chi connectivity index (χ3n) is 2.45. The number of aromatic nitrogens is 2. The summed E-state index contributed by atoms with van der Waals surface area (Å²) in [5, 5.41) is 9.25. The van der Waals surface area contributed by atoms with Crippen LogP contribution in [0.15, 0.2) is 18.2 Å². The number of nitrogens with one attached hydrogen (secondary N) is 1. The zero-order chi connectivity index (χ0) is 8.84. The van der Waals surface area contributed by atoms with Gasteiger partial charge in [-0.1, -0.05) is 0 Å². The Morgan fingerprint density at radius 1 is 1.38 bits per heavy atom. The number of phenols is 1. The van der Waals surface area contributed by atoms with E-state index in [0.717, 1.165) is 16.9 Å². The summed E-state index contributed by atoms with van der Waals surface area (Å²) < 4.78 is 0. The van der Waals surface area contributed by atoms with Gasteiger partial charge in [0.1, 0.15) is 11.6 Å². The Balaban J connectivity index is 2.20. The second-order valence-corrected chi connectivity index (χ2v) is 3.60. The van der Waals surface area contributed by atoms with Gasteiger partial charge in [-0.15, -0.1) is 0 Å². The van der Waals surface area contributed by atoms with Gasteiger partial charge in [-0.25, -0.2) is 4.98 Å². The fraction of sp³-hybridized carbons (Fsp3) is 0.300. The zero-order valence-corrected chi connectivity index (χ0v) is 7.12. The molecule has 0 radical (unpaired) electrons. The summed E-state index contributed by atoms with van der Waals surface area (Å²) in [7, 11) is 0. The van der Waals surface area contributed by atoms with Crippen molar-refractivity contribution in [1.82, 2.24) is 9.97 Å². The summed E-state index contributed by atoms with van der Waals surface area (Å²) in [6, 6.07) is 5.22. The first-order valence-corrected chi connectivity index (χ1v) is 4.51. The largest absolute Gasteiger partial charge is 0.508 e. The molecule has 2 aromatic rings. The van der Waals surface area contributed by atoms with Crippen LogP contribution in [-0.2, 0) is 0 Å². The quantitative estimate of drug-likeness (QED) is 0.695. The van der Waals surface area contributed by atoms with E-state index in [2.05, 4.69) is 9.97 Å². The van der Waals surface area contributed by atoms with E-state index < -0.39 is 0 Å². The Morgan fingerprint density at radius 3 is 3.00 bits per heavy atom. The molecule has 13 heavy (non-hydrogen) atoms. The van der Waals surface area contributed by atoms with Crippen LogP contribution in [0, 0.1) is 0 Å². The minimum absolute atomic E-state index is 0.290. The number of phenolic OH excluding ortho intramolecular Hbond substituents is 1. The summed E-state index contributed by atoms with van der Waals surface area (Å²) in [6.07, 6.45) is 2.48. The van der Waals surface area contributed by atoms with Gasteiger partial charge in [-0.2, -0.15) is 0 Å². The highest BCUT2D eigenvalue weighted by Gasteiger charge is 2.26. The van der Waals surface area contributed by atoms with Gasteiger partial charge in [0.05, 0.1) is 11.0 Å². The van der Waals surface area contributed by atoms with Crippen molar-refractivity contribution in [3.05, 3.63) is 24.0 Å². The maximum Gasteiger partial charge on any atom is 0.117 e. The van der Waals surface area contributed by atoms with Crippen LogP contribution in [0.5, 0.6) is 5.75 Å². The number of aromatic hydroxyl groups is 1. The van der Waals surface area contributed by atoms with E-state index in [9.17, 15) is 5.11 Å². The van der Waals surface area contributed by atoms with Crippen LogP contribution >= 0.6 is 0 Å². The molecule has 1 aromatic carbocycles. The molecule has 1 fully saturated rings. The molecule has 66 valence electrons. The minimum atomic E-state index is 0.290. The SMILES string of the molecule is Oc1ccc2nc(C3CC3)[nH]c2c1. The van der Waals surface area contributed by atoms with Gasteiger partial charge in [-0.3, -0.25) is 0 Å². The van der Waals surface area contributed by atoms with Crippen LogP contribution in [0.3, 0.4) is 0 Å². The molecule has 3 nitrogen and oxygen atoms in total. The van der Waals surface area contributed by atoms with Gasteiger partial charge in [0.15, 0.2) is 0 Å². The van der Waals surface area contributed by atoms with Crippen molar-refractivity contribution in [2.75, 3.05) is 0 Å². The molecule has 1 aromatic heterocycles. The third-order valence-corrected chi connectivity index (χ3v) is 2.45. The summed E-state index contributed by atoms with van der Waals surface area (Å²) in [6.45, 7) is 0. The molecule has 0 saturated heterocycles. The van der Waals surface area contributed by atoms with Gasteiger partial charge in [0.2, 0.25) is 0 Å². The lowest BCUT2D eigenvalue weighted by Gasteiger charge is -1.88. The van der Waals surface area contributed by atoms with Crippen molar-refractivity contribution >= 4 is 11.0 Å². The van der Waals surface area contributed by atoms with Crippen molar-refractivity contribution in [1.29, 1.82) is 0 Å². The number of benzene rings is 1. The number of hydrogen-bond donors (Lipinski definition) is 2. The third kappa shape index (κ3) is 1.08. The highest BCUT2D eigenvalue weighted by Crippen LogP contribution is 2.39. The molecule has 2 N–H and O–H groups in total. The number of nitrogens with zero attached hydrogens (tertiary/aromatic N) is 1. The minimum Gasteiger partial charge on any atom is -0.508 e. The van der Waals surface area contributed by atoms with Gasteiger partial charge in [0.25, 0.3) is 0 Å². The molecular formula is C10H10N2O. The van der Waals surface area contributed by atoms with E-state index in [1.807, 2.05) is 6.07 Å². The van der Waals surface area contributed by atoms with Crippen LogP contribution in [0.2, 0.25) is 0 Å². The Morgan fingerprint density at radius 2 is 2.23 bits per heavy atom. The number of aromatic amines is 1. The predicted molar refractivity (Wildman–Crippen MR) is 49.7 cm³/mol. The highest BCUT2D eigenvalue weighted by molar-refractivity contribution is 5.76. The van der Waals surface area contributed by atoms with E-state index in [0.29, 0.717) is 11.7 Å². The Labute approximate surface area is 75.4 Å². The molecule has 1 aliphatic rings. The molecule has 0 bridgehead atoms. The predicted octanol–water partition coefficient (Wildman–Crippen LogP) is 2.15. The average Bonchev–Trinajstić information content (AvgIpc) is 2.87. The average molecular weight is 174 g/mol. The van der Waals surface area contributed by atoms with Crippen molar-refractivity contribution in [2.24, 2.45) is 0 Å². The van der Waals surface area contributed by atoms with E-state index >= 15 is 0 Å². The molecule has 1 aliphatic carbocycles. The monoisotopic (exact) mass is 174 g/mol. The van der Waals surface area contributed by atoms with E-state index in [1.165, 1.54) is 12.8 Å². The molecule has 3 rings (SSSR count). The summed E-state index contributed by atoms with van der Waals surface area (Å²) in [4.78, 5) is 7.68. The lowest BCUT2D eigenvalue weighted by molar-refractivity contribution is 0.476. The van der Waals surface area contributed by atoms with Crippen molar-refractivity contribution in [2.45, 2.75) is 18.8 Å². The lowest BCUT2D eigenvalue weighted by atomic mass is 10.3. The first-order valence-electron chi connectivity index (χ1n) is 4.51. The molecule has 0 aliphatic heterocycles. The number of H-pyrrole nitrogens is 1. The fourth-order valence-corrected chi connectivity index (χ4v) is 1.57. The molecule has 3 heteroatoms. The maximum atomic E-state index is 9.25. The normalized spacial score (nSPS) is 16.6. The molecule has 0 atom stereocenters. The topological polar surface area (TPSA) is 48.9 Å². The smallest absolute Gasteiger partial charge is 0.117 e. The van der Waals surface area contributed by atoms with E-state index in [4.69, 9.17) is 0 Å². The molecular weight excluding hydrogens is 164 g/mol. The van der Waals surface area contributed by atoms with Crippen molar-refractivity contribution in [3.8, 4) is 5.75 Å². The van der Waals surface area contributed by atoms with E-state index in [-0.39, 0.29) is 0 Å². The van der Waals surface area contributed by atoms with Crippen LogP contribution in [0.1, 0.15) is 24.6 Å². The summed E-state index contributed by atoms with van der Waals surface area (Å²) in [5.74, 6) is 1.99. The van der Waals surface area contributed by atoms with Crippen LogP contribution in [0.25, 0.3) is 11.0 Å². The van der Waals surface area contributed by atoms with E-state index in [1.54, 1.807) is 12.1 Å². The molecule has 0 amide bonds. The van der Waals surface area contributed by atoms with Crippen LogP contribution in [0.4, 0.5) is 0 Å². The van der Waals surface area contributed by atoms with Crippen molar-refractivity contribution < 1.29 is 5.11 Å². The second kappa shape index (κ2) is 2.25. The second-order valence-electron chi connectivity index (χ2n) is 3.60. The van der Waals surface area contributed by atoms with Gasteiger partial charge < -0.3 is 10.1 Å². The Bertz CT molecular complexity index is 457. The van der Waals surface area contributed by atoms with Gasteiger partial charge in [0, 0.05) is 12.0 Å². The number of rotatable bonds is 1. The standard InChI is InChI=1S/C10H10N2O/c13-7-3-4-8-9(5-7)12-10(11-8)6-1-2-6/h3-6,13H,1-2H2,(H,11,12). The first kappa shape index (κ1) is 6.95. The van der Waals surface area contributed by atoms with Gasteiger partial charge >= 0.3 is 0 Å². The highest BCUT2D eigenvalue weighted by atomic mass is 16.3. The summed E-state index contributed by atoms with van der Waals surface area (Å²) in [5.41, 5.74) is 1.88. The zero-order valence-electron chi connectivity index (χ0n) is 7.12. The Kier molecular flexibility index (Phi) is 1.20. The Hall–Kier alpha value is -1.51. The van der Waals surface area contributed by atoms with Crippen LogP contribution < -0.4 is 0 Å². The number of imidazole rings is 1. The molecule has 1 heterocycles. The van der Waals surface area contributed by atoms with Gasteiger partial charge in [-0.05, 0) is 25.0 Å². The fourth-order valence-electron chi connectivity index (χ4n) is 1.57. The maximum absolute atomic E-state index is 9.25. The molecule has 0 unspecified atom stereocenters. The molecule has 0 spiro atoms. The number of fused-ring (bicyclic) bond motifs is 1.